The predicted octanol–water partition coefficient (Wildman–Crippen LogP) is 1.76. The van der Waals surface area contributed by atoms with Crippen molar-refractivity contribution in [2.45, 2.75) is 70.6 Å². The number of nitrogens with zero attached hydrogens (tertiary/aromatic N) is 4. The second-order valence-electron chi connectivity index (χ2n) is 7.23. The van der Waals surface area contributed by atoms with Crippen LogP contribution in [0.3, 0.4) is 0 Å². The molecule has 1 aromatic rings. The molecule has 3 rings (SSSR count). The number of aliphatic imine (C=N–C) groups is 1. The summed E-state index contributed by atoms with van der Waals surface area (Å²) in [6, 6.07) is 2.08. The number of aryl methyl sites for hydroxylation is 2. The van der Waals surface area contributed by atoms with Crippen LogP contribution < -0.4 is 10.6 Å². The molecule has 1 aliphatic carbocycles. The van der Waals surface area contributed by atoms with E-state index in [2.05, 4.69) is 50.1 Å². The Morgan fingerprint density at radius 1 is 1.38 bits per heavy atom. The first-order chi connectivity index (χ1) is 11.7. The molecule has 6 heteroatoms. The zero-order chi connectivity index (χ0) is 16.9. The Morgan fingerprint density at radius 2 is 2.21 bits per heavy atom. The molecular weight excluding hydrogens is 300 g/mol. The van der Waals surface area contributed by atoms with Gasteiger partial charge in [-0.3, -0.25) is 9.89 Å². The quantitative estimate of drug-likeness (QED) is 0.454. The van der Waals surface area contributed by atoms with Crippen molar-refractivity contribution in [3.05, 3.63) is 18.2 Å². The minimum Gasteiger partial charge on any atom is -0.356 e. The highest BCUT2D eigenvalue weighted by atomic mass is 15.3. The van der Waals surface area contributed by atoms with Gasteiger partial charge >= 0.3 is 0 Å². The molecule has 0 radical (unpaired) electrons. The molecule has 1 aromatic heterocycles. The third-order valence-electron chi connectivity index (χ3n) is 5.25. The molecule has 2 atom stereocenters. The Bertz CT molecular complexity index is 547. The lowest BCUT2D eigenvalue weighted by molar-refractivity contribution is 0.256. The number of unbranched alkanes of at least 4 members (excludes halogenated alkanes) is 1. The van der Waals surface area contributed by atoms with Gasteiger partial charge < -0.3 is 15.2 Å². The summed E-state index contributed by atoms with van der Waals surface area (Å²) in [5.74, 6) is 2.04. The van der Waals surface area contributed by atoms with Gasteiger partial charge in [-0.2, -0.15) is 0 Å². The average Bonchev–Trinajstić information content (AvgIpc) is 3.23. The summed E-state index contributed by atoms with van der Waals surface area (Å²) in [4.78, 5) is 11.3. The van der Waals surface area contributed by atoms with Crippen LogP contribution in [0, 0.1) is 6.92 Å². The van der Waals surface area contributed by atoms with Gasteiger partial charge in [-0.15, -0.1) is 0 Å². The van der Waals surface area contributed by atoms with E-state index in [-0.39, 0.29) is 0 Å². The van der Waals surface area contributed by atoms with E-state index in [4.69, 9.17) is 0 Å². The minimum atomic E-state index is 0.528. The van der Waals surface area contributed by atoms with E-state index in [1.54, 1.807) is 0 Å². The van der Waals surface area contributed by atoms with Crippen LogP contribution in [0.2, 0.25) is 0 Å². The zero-order valence-electron chi connectivity index (χ0n) is 15.3. The topological polar surface area (TPSA) is 57.5 Å². The lowest BCUT2D eigenvalue weighted by Gasteiger charge is -2.20. The van der Waals surface area contributed by atoms with Gasteiger partial charge in [0.25, 0.3) is 0 Å². The van der Waals surface area contributed by atoms with Gasteiger partial charge in [0, 0.05) is 57.2 Å². The van der Waals surface area contributed by atoms with Crippen molar-refractivity contribution in [3.8, 4) is 0 Å². The third kappa shape index (κ3) is 4.50. The first-order valence-corrected chi connectivity index (χ1v) is 9.38. The maximum Gasteiger partial charge on any atom is 0.191 e. The fourth-order valence-corrected chi connectivity index (χ4v) is 3.72. The van der Waals surface area contributed by atoms with E-state index in [0.29, 0.717) is 12.1 Å². The molecule has 1 saturated heterocycles. The molecule has 2 N–H and O–H groups in total. The summed E-state index contributed by atoms with van der Waals surface area (Å²) in [5, 5.41) is 7.07. The molecule has 2 heterocycles. The summed E-state index contributed by atoms with van der Waals surface area (Å²) in [6.45, 7) is 7.57. The van der Waals surface area contributed by atoms with Gasteiger partial charge in [0.2, 0.25) is 0 Å². The fraction of sp³-hybridized carbons (Fsp3) is 0.778. The highest BCUT2D eigenvalue weighted by Gasteiger charge is 2.38. The van der Waals surface area contributed by atoms with Crippen molar-refractivity contribution < 1.29 is 0 Å². The molecule has 0 spiro atoms. The lowest BCUT2D eigenvalue weighted by atomic mass is 10.2. The number of nitrogens with one attached hydrogen (secondary N) is 2. The molecule has 2 fully saturated rings. The number of likely N-dealkylation sites (tertiary alicyclic amines) is 1. The Kier molecular flexibility index (Phi) is 5.76. The number of hydrogen-bond acceptors (Lipinski definition) is 3. The van der Waals surface area contributed by atoms with Gasteiger partial charge in [-0.25, -0.2) is 4.98 Å². The molecule has 24 heavy (non-hydrogen) atoms. The second kappa shape index (κ2) is 8.01. The molecule has 2 unspecified atom stereocenters. The average molecular weight is 332 g/mol. The molecule has 0 bridgehead atoms. The van der Waals surface area contributed by atoms with Crippen molar-refractivity contribution in [2.24, 2.45) is 4.99 Å². The molecule has 0 amide bonds. The maximum absolute atomic E-state index is 4.38. The number of aromatic nitrogens is 2. The molecule has 0 aromatic carbocycles. The Morgan fingerprint density at radius 3 is 2.88 bits per heavy atom. The van der Waals surface area contributed by atoms with Gasteiger partial charge in [0.1, 0.15) is 5.82 Å². The smallest absolute Gasteiger partial charge is 0.191 e. The summed E-state index contributed by atoms with van der Waals surface area (Å²) in [5.41, 5.74) is 0. The SMILES string of the molecule is CN=C(NCCCCn1ccnc1C)NC1CC(C)N(C2CC2)C1. The Hall–Kier alpha value is -1.56. The van der Waals surface area contributed by atoms with E-state index >= 15 is 0 Å². The summed E-state index contributed by atoms with van der Waals surface area (Å²) >= 11 is 0. The Balaban J connectivity index is 1.33. The van der Waals surface area contributed by atoms with Crippen molar-refractivity contribution in [3.63, 3.8) is 0 Å². The van der Waals surface area contributed by atoms with Crippen LogP contribution in [0.25, 0.3) is 0 Å². The van der Waals surface area contributed by atoms with Crippen LogP contribution in [-0.4, -0.2) is 58.7 Å². The normalized spacial score (nSPS) is 25.2. The predicted molar refractivity (Wildman–Crippen MR) is 98.3 cm³/mol. The van der Waals surface area contributed by atoms with E-state index in [1.165, 1.54) is 19.3 Å². The summed E-state index contributed by atoms with van der Waals surface area (Å²) in [6.07, 6.45) is 10.2. The van der Waals surface area contributed by atoms with Crippen molar-refractivity contribution >= 4 is 5.96 Å². The largest absolute Gasteiger partial charge is 0.356 e. The van der Waals surface area contributed by atoms with Gasteiger partial charge in [0.15, 0.2) is 5.96 Å². The standard InChI is InChI=1S/C18H32N6/c1-14-12-16(13-24(14)17-6-7-17)22-18(19-3)21-8-4-5-10-23-11-9-20-15(23)2/h9,11,14,16-17H,4-8,10,12-13H2,1-3H3,(H2,19,21,22). The van der Waals surface area contributed by atoms with E-state index in [1.807, 2.05) is 13.2 Å². The first kappa shape index (κ1) is 17.3. The van der Waals surface area contributed by atoms with Gasteiger partial charge in [0.05, 0.1) is 0 Å². The summed E-state index contributed by atoms with van der Waals surface area (Å²) < 4.78 is 2.21. The molecule has 6 nitrogen and oxygen atoms in total. The molecule has 2 aliphatic rings. The van der Waals surface area contributed by atoms with Crippen molar-refractivity contribution in [1.29, 1.82) is 0 Å². The van der Waals surface area contributed by atoms with Gasteiger partial charge in [-0.1, -0.05) is 0 Å². The fourth-order valence-electron chi connectivity index (χ4n) is 3.72. The molecule has 1 saturated carbocycles. The number of guanidine groups is 1. The van der Waals surface area contributed by atoms with Crippen LogP contribution in [0.15, 0.2) is 17.4 Å². The number of imidazole rings is 1. The van der Waals surface area contributed by atoms with Crippen molar-refractivity contribution in [2.75, 3.05) is 20.1 Å². The van der Waals surface area contributed by atoms with E-state index in [9.17, 15) is 0 Å². The van der Waals surface area contributed by atoms with Crippen LogP contribution in [0.5, 0.6) is 0 Å². The van der Waals surface area contributed by atoms with Crippen LogP contribution in [0.4, 0.5) is 0 Å². The minimum absolute atomic E-state index is 0.528. The summed E-state index contributed by atoms with van der Waals surface area (Å²) in [7, 11) is 1.86. The molecule has 1 aliphatic heterocycles. The van der Waals surface area contributed by atoms with Crippen LogP contribution >= 0.6 is 0 Å². The Labute approximate surface area is 145 Å². The monoisotopic (exact) mass is 332 g/mol. The van der Waals surface area contributed by atoms with Gasteiger partial charge in [-0.05, 0) is 46.0 Å². The first-order valence-electron chi connectivity index (χ1n) is 9.38. The van der Waals surface area contributed by atoms with Crippen LogP contribution in [0.1, 0.15) is 44.9 Å². The lowest BCUT2D eigenvalue weighted by Crippen LogP contribution is -2.45. The maximum atomic E-state index is 4.38. The van der Waals surface area contributed by atoms with Crippen LogP contribution in [-0.2, 0) is 6.54 Å². The highest BCUT2D eigenvalue weighted by Crippen LogP contribution is 2.33. The van der Waals surface area contributed by atoms with E-state index in [0.717, 1.165) is 50.3 Å². The third-order valence-corrected chi connectivity index (χ3v) is 5.25. The van der Waals surface area contributed by atoms with E-state index < -0.39 is 0 Å². The highest BCUT2D eigenvalue weighted by molar-refractivity contribution is 5.80. The molecule has 134 valence electrons. The number of rotatable bonds is 7. The van der Waals surface area contributed by atoms with Crippen molar-refractivity contribution in [1.82, 2.24) is 25.1 Å². The number of hydrogen-bond donors (Lipinski definition) is 2. The molecular formula is C18H32N6. The second-order valence-corrected chi connectivity index (χ2v) is 7.23. The zero-order valence-corrected chi connectivity index (χ0v) is 15.3.